The number of hydrogen-bond acceptors (Lipinski definition) is 0. The van der Waals surface area contributed by atoms with Crippen LogP contribution in [0.1, 0.15) is 38.5 Å². The molecule has 0 amide bonds. The second-order valence-electron chi connectivity index (χ2n) is 5.81. The lowest BCUT2D eigenvalue weighted by Gasteiger charge is -2.57. The zero-order valence-electron chi connectivity index (χ0n) is 8.51. The molecule has 0 heterocycles. The summed E-state index contributed by atoms with van der Waals surface area (Å²) in [4.78, 5) is 0. The monoisotopic (exact) mass is 208 g/mol. The molecule has 0 aromatic rings. The minimum Gasteiger partial charge on any atom is -0.119 e. The Kier molecular flexibility index (Phi) is 1.90. The Bertz CT molecular complexity index is 251. The Morgan fingerprint density at radius 1 is 1.07 bits per heavy atom. The molecule has 1 atom stereocenters. The fraction of sp³-hybridized carbons (Fsp3) is 0.846. The lowest BCUT2D eigenvalue weighted by Crippen LogP contribution is -2.49. The van der Waals surface area contributed by atoms with E-state index in [0.717, 1.165) is 17.8 Å². The van der Waals surface area contributed by atoms with Crippen molar-refractivity contribution in [2.75, 3.05) is 0 Å². The standard InChI is InChI=1S/C13H17Cl/c1-2-12(14)13-6-9-3-10(7-13)5-11(4-9)8-13/h1,9-12H,3-8H2. The molecule has 4 rings (SSSR count). The summed E-state index contributed by atoms with van der Waals surface area (Å²) in [6, 6.07) is 0. The molecular formula is C13H17Cl. The van der Waals surface area contributed by atoms with Crippen LogP contribution >= 0.6 is 11.6 Å². The van der Waals surface area contributed by atoms with E-state index in [4.69, 9.17) is 18.0 Å². The molecule has 4 saturated carbocycles. The number of rotatable bonds is 1. The van der Waals surface area contributed by atoms with Gasteiger partial charge in [-0.3, -0.25) is 0 Å². The minimum absolute atomic E-state index is 0.00380. The van der Waals surface area contributed by atoms with Gasteiger partial charge in [0.25, 0.3) is 0 Å². The van der Waals surface area contributed by atoms with E-state index in [1.165, 1.54) is 38.5 Å². The first-order valence-corrected chi connectivity index (χ1v) is 6.26. The van der Waals surface area contributed by atoms with E-state index in [-0.39, 0.29) is 5.38 Å². The first kappa shape index (κ1) is 9.10. The van der Waals surface area contributed by atoms with Gasteiger partial charge in [0.15, 0.2) is 0 Å². The Morgan fingerprint density at radius 3 is 1.86 bits per heavy atom. The maximum absolute atomic E-state index is 6.35. The molecule has 4 aliphatic rings. The van der Waals surface area contributed by atoms with Gasteiger partial charge in [-0.25, -0.2) is 0 Å². The summed E-state index contributed by atoms with van der Waals surface area (Å²) in [7, 11) is 0. The molecule has 0 aromatic heterocycles. The predicted octanol–water partition coefficient (Wildman–Crippen LogP) is 3.44. The van der Waals surface area contributed by atoms with Gasteiger partial charge in [-0.05, 0) is 61.7 Å². The number of hydrogen-bond donors (Lipinski definition) is 0. The molecule has 0 aliphatic heterocycles. The molecule has 4 fully saturated rings. The highest BCUT2D eigenvalue weighted by Gasteiger charge is 2.53. The summed E-state index contributed by atoms with van der Waals surface area (Å²) < 4.78 is 0. The highest BCUT2D eigenvalue weighted by atomic mass is 35.5. The van der Waals surface area contributed by atoms with E-state index in [2.05, 4.69) is 5.92 Å². The van der Waals surface area contributed by atoms with Crippen LogP contribution in [0.3, 0.4) is 0 Å². The molecule has 0 aromatic carbocycles. The molecule has 0 radical (unpaired) electrons. The van der Waals surface area contributed by atoms with Gasteiger partial charge in [0, 0.05) is 0 Å². The summed E-state index contributed by atoms with van der Waals surface area (Å²) in [6.07, 6.45) is 13.9. The normalized spacial score (nSPS) is 51.6. The van der Waals surface area contributed by atoms with E-state index in [9.17, 15) is 0 Å². The lowest BCUT2D eigenvalue weighted by atomic mass is 9.49. The van der Waals surface area contributed by atoms with Crippen LogP contribution < -0.4 is 0 Å². The second kappa shape index (κ2) is 2.92. The minimum atomic E-state index is -0.00380. The molecule has 0 saturated heterocycles. The third-order valence-corrected chi connectivity index (χ3v) is 5.36. The molecular weight excluding hydrogens is 192 g/mol. The van der Waals surface area contributed by atoms with Crippen LogP contribution in [0, 0.1) is 35.5 Å². The number of halogens is 1. The third kappa shape index (κ3) is 1.15. The first-order valence-electron chi connectivity index (χ1n) is 5.82. The van der Waals surface area contributed by atoms with Crippen LogP contribution in [0.25, 0.3) is 0 Å². The van der Waals surface area contributed by atoms with Crippen molar-refractivity contribution in [3.63, 3.8) is 0 Å². The highest BCUT2D eigenvalue weighted by Crippen LogP contribution is 2.62. The fourth-order valence-electron chi connectivity index (χ4n) is 4.66. The molecule has 0 N–H and O–H groups in total. The smallest absolute Gasteiger partial charge is 0.0996 e. The maximum Gasteiger partial charge on any atom is 0.0996 e. The molecule has 4 aliphatic carbocycles. The summed E-state index contributed by atoms with van der Waals surface area (Å²) in [5.74, 6) is 5.65. The number of alkyl halides is 1. The summed E-state index contributed by atoms with van der Waals surface area (Å²) in [5.41, 5.74) is 0.338. The second-order valence-corrected chi connectivity index (χ2v) is 6.25. The van der Waals surface area contributed by atoms with Crippen LogP contribution in [0.2, 0.25) is 0 Å². The van der Waals surface area contributed by atoms with Gasteiger partial charge in [-0.2, -0.15) is 0 Å². The van der Waals surface area contributed by atoms with Gasteiger partial charge >= 0.3 is 0 Å². The first-order chi connectivity index (χ1) is 6.72. The Balaban J connectivity index is 1.91. The van der Waals surface area contributed by atoms with Crippen molar-refractivity contribution in [3.05, 3.63) is 0 Å². The number of terminal acetylenes is 1. The van der Waals surface area contributed by atoms with E-state index in [0.29, 0.717) is 5.41 Å². The zero-order chi connectivity index (χ0) is 9.76. The Labute approximate surface area is 91.4 Å². The SMILES string of the molecule is C#CC(Cl)C12CC3CC(CC(C3)C1)C2. The maximum atomic E-state index is 6.35. The van der Waals surface area contributed by atoms with Crippen LogP contribution in [0.4, 0.5) is 0 Å². The lowest BCUT2D eigenvalue weighted by molar-refractivity contribution is -0.0474. The molecule has 0 nitrogen and oxygen atoms in total. The quantitative estimate of drug-likeness (QED) is 0.458. The van der Waals surface area contributed by atoms with Gasteiger partial charge in [-0.1, -0.05) is 5.92 Å². The van der Waals surface area contributed by atoms with Crippen LogP contribution in [-0.4, -0.2) is 5.38 Å². The zero-order valence-corrected chi connectivity index (χ0v) is 9.26. The molecule has 0 spiro atoms. The van der Waals surface area contributed by atoms with Crippen molar-refractivity contribution in [3.8, 4) is 12.3 Å². The Hall–Kier alpha value is -0.150. The van der Waals surface area contributed by atoms with Crippen molar-refractivity contribution in [2.45, 2.75) is 43.9 Å². The average Bonchev–Trinajstić information content (AvgIpc) is 2.14. The van der Waals surface area contributed by atoms with Crippen molar-refractivity contribution >= 4 is 11.6 Å². The summed E-state index contributed by atoms with van der Waals surface area (Å²) >= 11 is 6.35. The van der Waals surface area contributed by atoms with Crippen molar-refractivity contribution in [1.29, 1.82) is 0 Å². The fourth-order valence-corrected chi connectivity index (χ4v) is 4.93. The van der Waals surface area contributed by atoms with E-state index >= 15 is 0 Å². The van der Waals surface area contributed by atoms with E-state index in [1.807, 2.05) is 0 Å². The van der Waals surface area contributed by atoms with Gasteiger partial charge in [0.1, 0.15) is 0 Å². The summed E-state index contributed by atoms with van der Waals surface area (Å²) in [5, 5.41) is -0.00380. The van der Waals surface area contributed by atoms with Crippen molar-refractivity contribution in [1.82, 2.24) is 0 Å². The predicted molar refractivity (Wildman–Crippen MR) is 59.1 cm³/mol. The van der Waals surface area contributed by atoms with Gasteiger partial charge in [0.05, 0.1) is 5.38 Å². The van der Waals surface area contributed by atoms with Crippen LogP contribution in [-0.2, 0) is 0 Å². The van der Waals surface area contributed by atoms with Gasteiger partial charge in [0.2, 0.25) is 0 Å². The largest absolute Gasteiger partial charge is 0.119 e. The van der Waals surface area contributed by atoms with Gasteiger partial charge in [-0.15, -0.1) is 18.0 Å². The van der Waals surface area contributed by atoms with Gasteiger partial charge < -0.3 is 0 Å². The molecule has 1 unspecified atom stereocenters. The highest BCUT2D eigenvalue weighted by molar-refractivity contribution is 6.23. The molecule has 4 bridgehead atoms. The van der Waals surface area contributed by atoms with E-state index < -0.39 is 0 Å². The molecule has 14 heavy (non-hydrogen) atoms. The van der Waals surface area contributed by atoms with Crippen molar-refractivity contribution in [2.24, 2.45) is 23.2 Å². The average molecular weight is 209 g/mol. The van der Waals surface area contributed by atoms with Crippen LogP contribution in [0.5, 0.6) is 0 Å². The van der Waals surface area contributed by atoms with Crippen molar-refractivity contribution < 1.29 is 0 Å². The topological polar surface area (TPSA) is 0 Å². The summed E-state index contributed by atoms with van der Waals surface area (Å²) in [6.45, 7) is 0. The van der Waals surface area contributed by atoms with Crippen LogP contribution in [0.15, 0.2) is 0 Å². The molecule has 76 valence electrons. The Morgan fingerprint density at radius 2 is 1.50 bits per heavy atom. The molecule has 1 heteroatoms. The van der Waals surface area contributed by atoms with E-state index in [1.54, 1.807) is 0 Å². The third-order valence-electron chi connectivity index (χ3n) is 4.77.